The first-order valence-electron chi connectivity index (χ1n) is 24.7. The van der Waals surface area contributed by atoms with Crippen molar-refractivity contribution < 1.29 is 15.0 Å². The topological polar surface area (TPSA) is 69.6 Å². The van der Waals surface area contributed by atoms with Gasteiger partial charge in [0.1, 0.15) is 0 Å². The average Bonchev–Trinajstić information content (AvgIpc) is 3.19. The molecule has 0 saturated carbocycles. The Bertz CT molecular complexity index is 836. The average molecular weight is 772 g/mol. The van der Waals surface area contributed by atoms with Crippen molar-refractivity contribution in [2.45, 2.75) is 276 Å². The van der Waals surface area contributed by atoms with E-state index in [1.807, 2.05) is 6.08 Å². The molecule has 0 aliphatic heterocycles. The van der Waals surface area contributed by atoms with Crippen molar-refractivity contribution in [1.29, 1.82) is 0 Å². The number of allylic oxidation sites excluding steroid dienone is 5. The normalized spacial score (nSPS) is 13.2. The Morgan fingerprint density at radius 3 is 1.09 bits per heavy atom. The Morgan fingerprint density at radius 2 is 0.745 bits per heavy atom. The number of aliphatic hydroxyl groups excluding tert-OH is 2. The number of amides is 1. The second-order valence-electron chi connectivity index (χ2n) is 16.9. The fraction of sp³-hybridized carbons (Fsp3) is 0.863. The van der Waals surface area contributed by atoms with Crippen LogP contribution in [0.5, 0.6) is 0 Å². The quantitative estimate of drug-likeness (QED) is 0.0426. The highest BCUT2D eigenvalue weighted by Gasteiger charge is 2.18. The summed E-state index contributed by atoms with van der Waals surface area (Å²) in [6, 6.07) is -0.620. The lowest BCUT2D eigenvalue weighted by molar-refractivity contribution is -0.123. The number of hydrogen-bond acceptors (Lipinski definition) is 3. The number of carbonyl (C=O) groups is 1. The summed E-state index contributed by atoms with van der Waals surface area (Å²) in [5, 5.41) is 23.1. The smallest absolute Gasteiger partial charge is 0.220 e. The van der Waals surface area contributed by atoms with Gasteiger partial charge in [-0.05, 0) is 51.4 Å². The van der Waals surface area contributed by atoms with Crippen molar-refractivity contribution in [3.05, 3.63) is 36.5 Å². The summed E-state index contributed by atoms with van der Waals surface area (Å²) in [6.07, 6.45) is 62.7. The first-order chi connectivity index (χ1) is 27.2. The Kier molecular flexibility index (Phi) is 45.8. The summed E-state index contributed by atoms with van der Waals surface area (Å²) in [7, 11) is 0. The van der Waals surface area contributed by atoms with Crippen LogP contribution >= 0.6 is 0 Å². The maximum absolute atomic E-state index is 12.4. The minimum Gasteiger partial charge on any atom is -0.394 e. The molecule has 0 aromatic heterocycles. The molecule has 4 heteroatoms. The van der Waals surface area contributed by atoms with Crippen molar-refractivity contribution in [2.24, 2.45) is 0 Å². The molecule has 0 radical (unpaired) electrons. The molecule has 4 nitrogen and oxygen atoms in total. The van der Waals surface area contributed by atoms with Crippen LogP contribution in [0.1, 0.15) is 264 Å². The molecule has 0 aliphatic carbocycles. The van der Waals surface area contributed by atoms with Crippen LogP contribution in [0.25, 0.3) is 0 Å². The Morgan fingerprint density at radius 1 is 0.436 bits per heavy atom. The monoisotopic (exact) mass is 772 g/mol. The third kappa shape index (κ3) is 43.6. The van der Waals surface area contributed by atoms with E-state index in [4.69, 9.17) is 0 Å². The van der Waals surface area contributed by atoms with Gasteiger partial charge in [0.05, 0.1) is 18.8 Å². The van der Waals surface area contributed by atoms with Crippen molar-refractivity contribution in [1.82, 2.24) is 5.32 Å². The molecule has 3 N–H and O–H groups in total. The molecule has 0 aromatic rings. The summed E-state index contributed by atoms with van der Waals surface area (Å²) in [4.78, 5) is 12.4. The lowest BCUT2D eigenvalue weighted by atomic mass is 10.0. The Labute approximate surface area is 344 Å². The zero-order chi connectivity index (χ0) is 40.0. The van der Waals surface area contributed by atoms with E-state index in [9.17, 15) is 15.0 Å². The first-order valence-corrected chi connectivity index (χ1v) is 24.7. The predicted molar refractivity (Wildman–Crippen MR) is 244 cm³/mol. The lowest BCUT2D eigenvalue weighted by Gasteiger charge is -2.20. The molecule has 0 aliphatic rings. The van der Waals surface area contributed by atoms with E-state index in [0.29, 0.717) is 6.42 Å². The van der Waals surface area contributed by atoms with Gasteiger partial charge in [-0.15, -0.1) is 0 Å². The molecule has 0 bridgehead atoms. The largest absolute Gasteiger partial charge is 0.394 e. The molecule has 1 amide bonds. The molecule has 2 unspecified atom stereocenters. The summed E-state index contributed by atoms with van der Waals surface area (Å²) < 4.78 is 0. The van der Waals surface area contributed by atoms with Gasteiger partial charge in [-0.25, -0.2) is 0 Å². The zero-order valence-electron chi connectivity index (χ0n) is 37.2. The van der Waals surface area contributed by atoms with Gasteiger partial charge < -0.3 is 15.5 Å². The van der Waals surface area contributed by atoms with Crippen LogP contribution < -0.4 is 5.32 Å². The van der Waals surface area contributed by atoms with Crippen LogP contribution in [-0.4, -0.2) is 34.9 Å². The molecular weight excluding hydrogens is 675 g/mol. The van der Waals surface area contributed by atoms with Crippen molar-refractivity contribution in [2.75, 3.05) is 6.61 Å². The van der Waals surface area contributed by atoms with Crippen molar-refractivity contribution in [3.63, 3.8) is 0 Å². The second-order valence-corrected chi connectivity index (χ2v) is 16.9. The molecular formula is C51H97NO3. The van der Waals surface area contributed by atoms with E-state index >= 15 is 0 Å². The number of rotatable bonds is 45. The predicted octanol–water partition coefficient (Wildman–Crippen LogP) is 15.7. The molecule has 0 fully saturated rings. The van der Waals surface area contributed by atoms with E-state index in [1.54, 1.807) is 6.08 Å². The first kappa shape index (κ1) is 53.6. The van der Waals surface area contributed by atoms with E-state index in [2.05, 4.69) is 43.5 Å². The summed E-state index contributed by atoms with van der Waals surface area (Å²) in [6.45, 7) is 4.31. The van der Waals surface area contributed by atoms with E-state index in [1.165, 1.54) is 212 Å². The summed E-state index contributed by atoms with van der Waals surface area (Å²) in [5.74, 6) is -0.0620. The number of aliphatic hydroxyl groups is 2. The van der Waals surface area contributed by atoms with E-state index in [-0.39, 0.29) is 12.5 Å². The molecule has 0 heterocycles. The number of carbonyl (C=O) groups excluding carboxylic acids is 1. The van der Waals surface area contributed by atoms with Gasteiger partial charge in [-0.3, -0.25) is 4.79 Å². The van der Waals surface area contributed by atoms with Crippen molar-refractivity contribution in [3.8, 4) is 0 Å². The third-order valence-electron chi connectivity index (χ3n) is 11.4. The van der Waals surface area contributed by atoms with Crippen LogP contribution in [0, 0.1) is 0 Å². The van der Waals surface area contributed by atoms with Crippen molar-refractivity contribution >= 4 is 5.91 Å². The Balaban J connectivity index is 3.50. The molecule has 0 spiro atoms. The van der Waals surface area contributed by atoms with Gasteiger partial charge in [0, 0.05) is 6.42 Å². The van der Waals surface area contributed by atoms with Crippen LogP contribution in [-0.2, 0) is 4.79 Å². The highest BCUT2D eigenvalue weighted by molar-refractivity contribution is 5.76. The molecule has 55 heavy (non-hydrogen) atoms. The maximum atomic E-state index is 12.4. The zero-order valence-corrected chi connectivity index (χ0v) is 37.2. The maximum Gasteiger partial charge on any atom is 0.220 e. The fourth-order valence-corrected chi connectivity index (χ4v) is 7.56. The van der Waals surface area contributed by atoms with Crippen LogP contribution in [0.3, 0.4) is 0 Å². The second kappa shape index (κ2) is 47.0. The third-order valence-corrected chi connectivity index (χ3v) is 11.4. The molecule has 0 aromatic carbocycles. The number of hydrogen-bond donors (Lipinski definition) is 3. The van der Waals surface area contributed by atoms with Crippen LogP contribution in [0.15, 0.2) is 36.5 Å². The van der Waals surface area contributed by atoms with Gasteiger partial charge in [0.2, 0.25) is 5.91 Å². The Hall–Kier alpha value is -1.39. The van der Waals surface area contributed by atoms with E-state index in [0.717, 1.165) is 32.1 Å². The summed E-state index contributed by atoms with van der Waals surface area (Å²) >= 11 is 0. The summed E-state index contributed by atoms with van der Waals surface area (Å²) in [5.41, 5.74) is 0. The van der Waals surface area contributed by atoms with Gasteiger partial charge in [0.25, 0.3) is 0 Å². The minimum atomic E-state index is -0.837. The van der Waals surface area contributed by atoms with Crippen LogP contribution in [0.4, 0.5) is 0 Å². The molecule has 2 atom stereocenters. The molecule has 0 saturated heterocycles. The van der Waals surface area contributed by atoms with Crippen LogP contribution in [0.2, 0.25) is 0 Å². The fourth-order valence-electron chi connectivity index (χ4n) is 7.56. The SMILES string of the molecule is CCCCCCC/C=C\C/C=C\CCCCCCCCCCCCCCCCCC(=O)NC(CO)C(O)/C=C/CCCCCCCCCCCCCCCC. The number of nitrogens with one attached hydrogen (secondary N) is 1. The highest BCUT2D eigenvalue weighted by Crippen LogP contribution is 2.16. The number of unbranched alkanes of at least 4 members (excludes halogenated alkanes) is 34. The molecule has 0 rings (SSSR count). The highest BCUT2D eigenvalue weighted by atomic mass is 16.3. The van der Waals surface area contributed by atoms with E-state index < -0.39 is 12.1 Å². The van der Waals surface area contributed by atoms with Gasteiger partial charge in [-0.1, -0.05) is 243 Å². The van der Waals surface area contributed by atoms with Gasteiger partial charge in [-0.2, -0.15) is 0 Å². The van der Waals surface area contributed by atoms with Gasteiger partial charge in [0.15, 0.2) is 0 Å². The van der Waals surface area contributed by atoms with Gasteiger partial charge >= 0.3 is 0 Å². The standard InChI is InChI=1S/C51H97NO3/c1-3-5-7-9-11-13-15-17-19-21-22-23-24-25-26-27-28-29-30-31-33-35-37-39-41-43-45-47-51(55)52-49(48-53)50(54)46-44-42-40-38-36-34-32-20-18-16-14-12-10-8-6-4-2/h15,17,21-22,44,46,49-50,53-54H,3-14,16,18-20,23-43,45,47-48H2,1-2H3,(H,52,55)/b17-15-,22-21-,46-44+. The lowest BCUT2D eigenvalue weighted by Crippen LogP contribution is -2.45. The molecule has 324 valence electrons. The minimum absolute atomic E-state index is 0.0620.